The van der Waals surface area contributed by atoms with E-state index in [0.29, 0.717) is 13.0 Å². The molecule has 24 heavy (non-hydrogen) atoms. The molecule has 1 heterocycles. The van der Waals surface area contributed by atoms with Gasteiger partial charge in [-0.25, -0.2) is 4.99 Å². The van der Waals surface area contributed by atoms with Crippen LogP contribution in [0.1, 0.15) is 37.8 Å². The van der Waals surface area contributed by atoms with Gasteiger partial charge in [-0.3, -0.25) is 4.79 Å². The fraction of sp³-hybridized carbons (Fsp3) is 0.556. The summed E-state index contributed by atoms with van der Waals surface area (Å²) in [6.45, 7) is 6.45. The molecule has 6 heteroatoms. The molecule has 1 amide bonds. The molecular formula is C18H29IN4O. The second kappa shape index (κ2) is 10.5. The predicted octanol–water partition coefficient (Wildman–Crippen LogP) is 2.54. The SMILES string of the molecule is CCNC(=NCc1ccccc1CC)NC1CCC(=O)N(C)C1.I. The van der Waals surface area contributed by atoms with E-state index in [9.17, 15) is 4.79 Å². The number of nitrogens with one attached hydrogen (secondary N) is 2. The summed E-state index contributed by atoms with van der Waals surface area (Å²) < 4.78 is 0. The van der Waals surface area contributed by atoms with E-state index in [1.165, 1.54) is 11.1 Å². The molecule has 2 rings (SSSR count). The van der Waals surface area contributed by atoms with Crippen molar-refractivity contribution in [1.29, 1.82) is 0 Å². The maximum Gasteiger partial charge on any atom is 0.222 e. The van der Waals surface area contributed by atoms with Crippen LogP contribution in [0.15, 0.2) is 29.3 Å². The van der Waals surface area contributed by atoms with Crippen LogP contribution < -0.4 is 10.6 Å². The van der Waals surface area contributed by atoms with Crippen molar-refractivity contribution in [1.82, 2.24) is 15.5 Å². The van der Waals surface area contributed by atoms with Crippen molar-refractivity contribution in [2.45, 2.75) is 45.7 Å². The van der Waals surface area contributed by atoms with Gasteiger partial charge in [0.1, 0.15) is 0 Å². The highest BCUT2D eigenvalue weighted by atomic mass is 127. The number of rotatable bonds is 5. The average molecular weight is 444 g/mol. The maximum atomic E-state index is 11.6. The van der Waals surface area contributed by atoms with Crippen LogP contribution in [0.2, 0.25) is 0 Å². The summed E-state index contributed by atoms with van der Waals surface area (Å²) in [7, 11) is 1.86. The number of aryl methyl sites for hydroxylation is 1. The van der Waals surface area contributed by atoms with Gasteiger partial charge in [0.15, 0.2) is 5.96 Å². The Kier molecular flexibility index (Phi) is 9.10. The summed E-state index contributed by atoms with van der Waals surface area (Å²) in [5.74, 6) is 1.05. The van der Waals surface area contributed by atoms with Crippen LogP contribution in [-0.4, -0.2) is 42.9 Å². The lowest BCUT2D eigenvalue weighted by Crippen LogP contribution is -2.51. The molecule has 1 aromatic carbocycles. The Hall–Kier alpha value is -1.31. The lowest BCUT2D eigenvalue weighted by Gasteiger charge is -2.31. The van der Waals surface area contributed by atoms with Crippen LogP contribution in [-0.2, 0) is 17.8 Å². The van der Waals surface area contributed by atoms with Gasteiger partial charge < -0.3 is 15.5 Å². The Morgan fingerprint density at radius 2 is 2.00 bits per heavy atom. The van der Waals surface area contributed by atoms with Crippen molar-refractivity contribution in [3.63, 3.8) is 0 Å². The minimum absolute atomic E-state index is 0. The number of carbonyl (C=O) groups excluding carboxylic acids is 1. The average Bonchev–Trinajstić information content (AvgIpc) is 2.56. The number of hydrogen-bond acceptors (Lipinski definition) is 2. The van der Waals surface area contributed by atoms with Gasteiger partial charge in [-0.15, -0.1) is 24.0 Å². The van der Waals surface area contributed by atoms with Crippen molar-refractivity contribution >= 4 is 35.8 Å². The molecule has 134 valence electrons. The van der Waals surface area contributed by atoms with Crippen LogP contribution in [0, 0.1) is 0 Å². The third-order valence-corrected chi connectivity index (χ3v) is 4.22. The number of likely N-dealkylation sites (tertiary alicyclic amines) is 1. The molecular weight excluding hydrogens is 415 g/mol. The number of halogens is 1. The molecule has 0 aliphatic carbocycles. The lowest BCUT2D eigenvalue weighted by molar-refractivity contribution is -0.132. The zero-order chi connectivity index (χ0) is 16.7. The minimum atomic E-state index is 0. The van der Waals surface area contributed by atoms with Crippen molar-refractivity contribution < 1.29 is 4.79 Å². The standard InChI is InChI=1S/C18H28N4O.HI/c1-4-14-8-6-7-9-15(14)12-20-18(19-5-2)21-16-10-11-17(23)22(3)13-16;/h6-9,16H,4-5,10-13H2,1-3H3,(H2,19,20,21);1H. The summed E-state index contributed by atoms with van der Waals surface area (Å²) in [5.41, 5.74) is 2.61. The number of aliphatic imine (C=N–C) groups is 1. The number of guanidine groups is 1. The van der Waals surface area contributed by atoms with E-state index in [-0.39, 0.29) is 35.9 Å². The fourth-order valence-corrected chi connectivity index (χ4v) is 2.86. The highest BCUT2D eigenvalue weighted by Gasteiger charge is 2.23. The zero-order valence-corrected chi connectivity index (χ0v) is 17.2. The van der Waals surface area contributed by atoms with Gasteiger partial charge >= 0.3 is 0 Å². The van der Waals surface area contributed by atoms with E-state index in [1.807, 2.05) is 7.05 Å². The minimum Gasteiger partial charge on any atom is -0.357 e. The van der Waals surface area contributed by atoms with E-state index < -0.39 is 0 Å². The van der Waals surface area contributed by atoms with Gasteiger partial charge in [0.05, 0.1) is 6.54 Å². The van der Waals surface area contributed by atoms with Gasteiger partial charge in [-0.1, -0.05) is 31.2 Å². The summed E-state index contributed by atoms with van der Waals surface area (Å²) in [6.07, 6.45) is 2.48. The monoisotopic (exact) mass is 444 g/mol. The molecule has 1 fully saturated rings. The van der Waals surface area contributed by atoms with Crippen LogP contribution >= 0.6 is 24.0 Å². The quantitative estimate of drug-likeness (QED) is 0.417. The topological polar surface area (TPSA) is 56.7 Å². The first-order valence-electron chi connectivity index (χ1n) is 8.49. The fourth-order valence-electron chi connectivity index (χ4n) is 2.86. The normalized spacial score (nSPS) is 18.1. The Morgan fingerprint density at radius 3 is 2.62 bits per heavy atom. The molecule has 1 atom stereocenters. The van der Waals surface area contributed by atoms with Crippen LogP contribution in [0.5, 0.6) is 0 Å². The third-order valence-electron chi connectivity index (χ3n) is 4.22. The lowest BCUT2D eigenvalue weighted by atomic mass is 10.1. The summed E-state index contributed by atoms with van der Waals surface area (Å²) >= 11 is 0. The summed E-state index contributed by atoms with van der Waals surface area (Å²) in [6, 6.07) is 8.69. The Balaban J connectivity index is 0.00000288. The van der Waals surface area contributed by atoms with E-state index in [0.717, 1.165) is 31.9 Å². The van der Waals surface area contributed by atoms with Gasteiger partial charge in [0.25, 0.3) is 0 Å². The maximum absolute atomic E-state index is 11.6. The smallest absolute Gasteiger partial charge is 0.222 e. The van der Waals surface area contributed by atoms with Gasteiger partial charge in [0.2, 0.25) is 5.91 Å². The first-order chi connectivity index (χ1) is 11.1. The van der Waals surface area contributed by atoms with Crippen molar-refractivity contribution in [3.8, 4) is 0 Å². The second-order valence-corrected chi connectivity index (χ2v) is 5.97. The Bertz CT molecular complexity index is 562. The van der Waals surface area contributed by atoms with Crippen molar-refractivity contribution in [2.75, 3.05) is 20.1 Å². The van der Waals surface area contributed by atoms with E-state index in [1.54, 1.807) is 4.90 Å². The molecule has 0 aromatic heterocycles. The molecule has 1 saturated heterocycles. The highest BCUT2D eigenvalue weighted by Crippen LogP contribution is 2.12. The number of benzene rings is 1. The molecule has 0 bridgehead atoms. The molecule has 1 aliphatic heterocycles. The molecule has 5 nitrogen and oxygen atoms in total. The number of hydrogen-bond donors (Lipinski definition) is 2. The Labute approximate surface area is 162 Å². The number of piperidine rings is 1. The zero-order valence-electron chi connectivity index (χ0n) is 14.8. The van der Waals surface area contributed by atoms with Crippen LogP contribution in [0.4, 0.5) is 0 Å². The van der Waals surface area contributed by atoms with Crippen molar-refractivity contribution in [2.24, 2.45) is 4.99 Å². The van der Waals surface area contributed by atoms with Gasteiger partial charge in [-0.05, 0) is 30.9 Å². The van der Waals surface area contributed by atoms with E-state index in [4.69, 9.17) is 4.99 Å². The number of nitrogens with zero attached hydrogens (tertiary/aromatic N) is 2. The van der Waals surface area contributed by atoms with Crippen LogP contribution in [0.3, 0.4) is 0 Å². The van der Waals surface area contributed by atoms with E-state index in [2.05, 4.69) is 48.7 Å². The first kappa shape index (κ1) is 20.7. The molecule has 2 N–H and O–H groups in total. The number of carbonyl (C=O) groups is 1. The van der Waals surface area contributed by atoms with Gasteiger partial charge in [-0.2, -0.15) is 0 Å². The molecule has 1 aliphatic rings. The molecule has 0 radical (unpaired) electrons. The first-order valence-corrected chi connectivity index (χ1v) is 8.49. The number of amides is 1. The summed E-state index contributed by atoms with van der Waals surface area (Å²) in [4.78, 5) is 18.1. The largest absolute Gasteiger partial charge is 0.357 e. The molecule has 1 aromatic rings. The summed E-state index contributed by atoms with van der Waals surface area (Å²) in [5, 5.41) is 6.76. The predicted molar refractivity (Wildman–Crippen MR) is 110 cm³/mol. The second-order valence-electron chi connectivity index (χ2n) is 5.97. The Morgan fingerprint density at radius 1 is 1.29 bits per heavy atom. The van der Waals surface area contributed by atoms with Crippen LogP contribution in [0.25, 0.3) is 0 Å². The highest BCUT2D eigenvalue weighted by molar-refractivity contribution is 14.0. The van der Waals surface area contributed by atoms with Gasteiger partial charge in [0, 0.05) is 32.6 Å². The third kappa shape index (κ3) is 5.96. The number of likely N-dealkylation sites (N-methyl/N-ethyl adjacent to an activating group) is 1. The molecule has 1 unspecified atom stereocenters. The molecule has 0 saturated carbocycles. The van der Waals surface area contributed by atoms with E-state index >= 15 is 0 Å². The van der Waals surface area contributed by atoms with Crippen molar-refractivity contribution in [3.05, 3.63) is 35.4 Å². The molecule has 0 spiro atoms.